The molecule has 12 heteroatoms. The van der Waals surface area contributed by atoms with Crippen molar-refractivity contribution in [1.82, 2.24) is 24.6 Å². The zero-order valence-electron chi connectivity index (χ0n) is 27.3. The second-order valence-corrected chi connectivity index (χ2v) is 12.4. The van der Waals surface area contributed by atoms with Crippen LogP contribution in [0.25, 0.3) is 16.9 Å². The lowest BCUT2D eigenvalue weighted by atomic mass is 9.92. The number of nitrogens with one attached hydrogen (secondary N) is 2. The van der Waals surface area contributed by atoms with E-state index in [4.69, 9.17) is 9.84 Å². The van der Waals surface area contributed by atoms with Gasteiger partial charge in [0, 0.05) is 42.8 Å². The van der Waals surface area contributed by atoms with E-state index in [9.17, 15) is 9.59 Å². The summed E-state index contributed by atoms with van der Waals surface area (Å²) in [5, 5.41) is 14.1. The number of rotatable bonds is 10. The first-order valence-corrected chi connectivity index (χ1v) is 15.5. The van der Waals surface area contributed by atoms with E-state index in [1.165, 1.54) is 25.9 Å². The van der Waals surface area contributed by atoms with Crippen molar-refractivity contribution in [3.05, 3.63) is 72.2 Å². The van der Waals surface area contributed by atoms with Gasteiger partial charge in [0.1, 0.15) is 12.4 Å². The topological polar surface area (TPSA) is 121 Å². The van der Waals surface area contributed by atoms with Crippen LogP contribution >= 0.6 is 0 Å². The number of benzene rings is 2. The van der Waals surface area contributed by atoms with Crippen molar-refractivity contribution in [2.75, 3.05) is 59.2 Å². The van der Waals surface area contributed by atoms with Gasteiger partial charge in [0.15, 0.2) is 11.5 Å². The van der Waals surface area contributed by atoms with Crippen molar-refractivity contribution in [2.45, 2.75) is 26.2 Å². The van der Waals surface area contributed by atoms with Crippen LogP contribution in [0.1, 0.15) is 35.2 Å². The summed E-state index contributed by atoms with van der Waals surface area (Å²) in [6.45, 7) is 5.35. The molecule has 3 heterocycles. The lowest BCUT2D eigenvalue weighted by molar-refractivity contribution is -0.896. The molecular weight excluding hydrogens is 709 g/mol. The molecule has 1 fully saturated rings. The quantitative estimate of drug-likeness (QED) is 0.129. The number of halogens is 1. The molecule has 0 saturated carbocycles. The first kappa shape index (κ1) is 35.5. The zero-order valence-corrected chi connectivity index (χ0v) is 29.5. The van der Waals surface area contributed by atoms with Crippen LogP contribution in [0, 0.1) is 24.7 Å². The SMILES string of the molecule is Cc1cc(Nc2nccn3c(-c4ccc(OCC#CCNC(=O)O)cc4)cnc23)ccc1C(=O)N(C)CCC1CC[N+](C)(C)CC1.[I-]. The van der Waals surface area contributed by atoms with Crippen LogP contribution < -0.4 is 39.3 Å². The highest BCUT2D eigenvalue weighted by Gasteiger charge is 2.26. The highest BCUT2D eigenvalue weighted by Crippen LogP contribution is 2.28. The van der Waals surface area contributed by atoms with Crippen molar-refractivity contribution in [3.8, 4) is 28.8 Å². The molecule has 0 radical (unpaired) electrons. The van der Waals surface area contributed by atoms with Crippen molar-refractivity contribution >= 4 is 29.2 Å². The molecule has 0 atom stereocenters. The number of amides is 2. The Balaban J connectivity index is 0.00000500. The third-order valence-corrected chi connectivity index (χ3v) is 8.57. The molecule has 1 saturated heterocycles. The van der Waals surface area contributed by atoms with Crippen LogP contribution in [0.15, 0.2) is 61.1 Å². The molecule has 3 N–H and O–H groups in total. The number of quaternary nitrogens is 1. The van der Waals surface area contributed by atoms with Crippen LogP contribution in [-0.2, 0) is 0 Å². The third-order valence-electron chi connectivity index (χ3n) is 8.57. The van der Waals surface area contributed by atoms with E-state index in [-0.39, 0.29) is 43.0 Å². The minimum absolute atomic E-state index is 0. The van der Waals surface area contributed by atoms with Crippen LogP contribution in [0.2, 0.25) is 0 Å². The molecule has 0 spiro atoms. The fraction of sp³-hybridized carbons (Fsp3) is 0.371. The van der Waals surface area contributed by atoms with Crippen LogP contribution in [-0.4, -0.2) is 94.8 Å². The molecular formula is C35H42IN7O4. The van der Waals surface area contributed by atoms with E-state index >= 15 is 0 Å². The minimum Gasteiger partial charge on any atom is -1.00 e. The Bertz CT molecular complexity index is 1750. The maximum Gasteiger partial charge on any atom is 0.405 e. The summed E-state index contributed by atoms with van der Waals surface area (Å²) in [6.07, 6.45) is 7.78. The van der Waals surface area contributed by atoms with Gasteiger partial charge in [-0.1, -0.05) is 11.8 Å². The molecule has 0 aliphatic carbocycles. The van der Waals surface area contributed by atoms with Crippen molar-refractivity contribution in [2.24, 2.45) is 5.92 Å². The van der Waals surface area contributed by atoms with Crippen molar-refractivity contribution in [3.63, 3.8) is 0 Å². The Morgan fingerprint density at radius 2 is 1.85 bits per heavy atom. The molecule has 2 aromatic heterocycles. The highest BCUT2D eigenvalue weighted by molar-refractivity contribution is 5.96. The molecule has 248 valence electrons. The average molecular weight is 752 g/mol. The van der Waals surface area contributed by atoms with Gasteiger partial charge in [-0.2, -0.15) is 0 Å². The standard InChI is InChI=1S/C35H41N7O4.HI/c1-25-23-28(9-12-30(25)34(43)40(2)18-13-26-14-20-42(3,4)21-15-26)39-32-33-38-24-31(41(33)19-17-36-32)27-7-10-29(11-8-27)46-22-6-5-16-37-35(44)45;/h7-12,17,19,23-24,26,37H,13-16,18,20-22H2,1-4H3,(H-,36,39,43,44,45);1H. The predicted octanol–water partition coefficient (Wildman–Crippen LogP) is 2.05. The first-order valence-electron chi connectivity index (χ1n) is 15.5. The van der Waals surface area contributed by atoms with E-state index in [0.717, 1.165) is 40.0 Å². The Labute approximate surface area is 293 Å². The number of likely N-dealkylation sites (tertiary alicyclic amines) is 1. The molecule has 5 rings (SSSR count). The molecule has 47 heavy (non-hydrogen) atoms. The number of fused-ring (bicyclic) bond motifs is 1. The number of anilines is 2. The summed E-state index contributed by atoms with van der Waals surface area (Å²) in [5.41, 5.74) is 4.95. The zero-order chi connectivity index (χ0) is 32.7. The van der Waals surface area contributed by atoms with Gasteiger partial charge in [-0.15, -0.1) is 0 Å². The fourth-order valence-electron chi connectivity index (χ4n) is 5.71. The smallest absolute Gasteiger partial charge is 0.405 e. The van der Waals surface area contributed by atoms with Crippen LogP contribution in [0.5, 0.6) is 5.75 Å². The molecule has 1 aliphatic heterocycles. The summed E-state index contributed by atoms with van der Waals surface area (Å²) >= 11 is 0. The fourth-order valence-corrected chi connectivity index (χ4v) is 5.71. The van der Waals surface area contributed by atoms with E-state index in [2.05, 4.69) is 46.5 Å². The summed E-state index contributed by atoms with van der Waals surface area (Å²) in [7, 11) is 6.49. The Hall–Kier alpha value is -4.35. The number of nitrogens with zero attached hydrogens (tertiary/aromatic N) is 5. The van der Waals surface area contributed by atoms with E-state index in [1.807, 2.05) is 71.9 Å². The normalized spacial score (nSPS) is 14.0. The average Bonchev–Trinajstić information content (AvgIpc) is 3.47. The number of carbonyl (C=O) groups excluding carboxylic acids is 1. The van der Waals surface area contributed by atoms with Crippen LogP contribution in [0.3, 0.4) is 0 Å². The van der Waals surface area contributed by atoms with E-state index in [0.29, 0.717) is 28.7 Å². The molecule has 4 aromatic rings. The van der Waals surface area contributed by atoms with Gasteiger partial charge in [0.25, 0.3) is 5.91 Å². The van der Waals surface area contributed by atoms with E-state index < -0.39 is 6.09 Å². The molecule has 0 unspecified atom stereocenters. The van der Waals surface area contributed by atoms with Gasteiger partial charge in [0.2, 0.25) is 0 Å². The Kier molecular flexibility index (Phi) is 12.1. The maximum absolute atomic E-state index is 13.3. The minimum atomic E-state index is -1.11. The number of imidazole rings is 1. The van der Waals surface area contributed by atoms with Gasteiger partial charge in [-0.05, 0) is 80.1 Å². The number of aryl methyl sites for hydroxylation is 1. The molecule has 2 amide bonds. The second-order valence-electron chi connectivity index (χ2n) is 12.4. The van der Waals surface area contributed by atoms with Crippen LogP contribution in [0.4, 0.5) is 16.3 Å². The number of hydrogen-bond acceptors (Lipinski definition) is 6. The lowest BCUT2D eigenvalue weighted by Gasteiger charge is -2.37. The number of carboxylic acid groups (broad SMARTS) is 1. The van der Waals surface area contributed by atoms with Gasteiger partial charge in [0.05, 0.1) is 45.6 Å². The van der Waals surface area contributed by atoms with E-state index in [1.54, 1.807) is 12.4 Å². The lowest BCUT2D eigenvalue weighted by Crippen LogP contribution is -3.00. The highest BCUT2D eigenvalue weighted by atomic mass is 127. The number of carbonyl (C=O) groups is 2. The number of ether oxygens (including phenoxy) is 1. The Morgan fingerprint density at radius 3 is 2.55 bits per heavy atom. The first-order chi connectivity index (χ1) is 22.1. The number of aromatic nitrogens is 3. The summed E-state index contributed by atoms with van der Waals surface area (Å²) < 4.78 is 8.70. The predicted molar refractivity (Wildman–Crippen MR) is 178 cm³/mol. The third kappa shape index (κ3) is 9.36. The summed E-state index contributed by atoms with van der Waals surface area (Å²) in [6, 6.07) is 13.4. The Morgan fingerprint density at radius 1 is 1.11 bits per heavy atom. The van der Waals surface area contributed by atoms with Gasteiger partial charge < -0.3 is 53.8 Å². The largest absolute Gasteiger partial charge is 1.00 e. The molecule has 11 nitrogen and oxygen atoms in total. The monoisotopic (exact) mass is 751 g/mol. The maximum atomic E-state index is 13.3. The molecule has 2 aromatic carbocycles. The van der Waals surface area contributed by atoms with Crippen molar-refractivity contribution < 1.29 is 47.9 Å². The summed E-state index contributed by atoms with van der Waals surface area (Å²) in [5.74, 6) is 7.45. The second kappa shape index (κ2) is 16.0. The van der Waals surface area contributed by atoms with Gasteiger partial charge in [-0.25, -0.2) is 14.8 Å². The van der Waals surface area contributed by atoms with Gasteiger partial charge in [-0.3, -0.25) is 9.20 Å². The molecule has 1 aliphatic rings. The number of hydrogen-bond donors (Lipinski definition) is 3. The summed E-state index contributed by atoms with van der Waals surface area (Å²) in [4.78, 5) is 34.8. The van der Waals surface area contributed by atoms with Gasteiger partial charge >= 0.3 is 6.09 Å². The van der Waals surface area contributed by atoms with Crippen molar-refractivity contribution in [1.29, 1.82) is 0 Å². The number of piperidine rings is 1. The molecule has 0 bridgehead atoms.